The molecule has 2 fully saturated rings. The van der Waals surface area contributed by atoms with Gasteiger partial charge >= 0.3 is 0 Å². The third-order valence-corrected chi connectivity index (χ3v) is 5.80. The maximum atomic E-state index is 13.0. The molecule has 8 nitrogen and oxygen atoms in total. The summed E-state index contributed by atoms with van der Waals surface area (Å²) in [6, 6.07) is 12.8. The first-order chi connectivity index (χ1) is 14.8. The quantitative estimate of drug-likeness (QED) is 0.499. The van der Waals surface area contributed by atoms with Crippen molar-refractivity contribution in [2.45, 2.75) is 32.7 Å². The van der Waals surface area contributed by atoms with Crippen LogP contribution in [0.4, 0.5) is 11.4 Å². The second kappa shape index (κ2) is 8.56. The van der Waals surface area contributed by atoms with E-state index in [1.54, 1.807) is 18.2 Å². The van der Waals surface area contributed by atoms with E-state index in [4.69, 9.17) is 11.6 Å². The molecule has 0 aromatic heterocycles. The van der Waals surface area contributed by atoms with Crippen LogP contribution in [0.5, 0.6) is 0 Å². The van der Waals surface area contributed by atoms with Crippen molar-refractivity contribution in [1.82, 2.24) is 16.0 Å². The minimum atomic E-state index is -0.793. The van der Waals surface area contributed by atoms with E-state index in [-0.39, 0.29) is 24.1 Å². The molecule has 2 aliphatic rings. The highest BCUT2D eigenvalue weighted by Gasteiger charge is 2.48. The van der Waals surface area contributed by atoms with Crippen LogP contribution in [0.25, 0.3) is 0 Å². The highest BCUT2D eigenvalue weighted by atomic mass is 35.5. The Bertz CT molecular complexity index is 1040. The van der Waals surface area contributed by atoms with Crippen LogP contribution in [-0.4, -0.2) is 30.2 Å². The summed E-state index contributed by atoms with van der Waals surface area (Å²) in [5.74, 6) is -2.48. The lowest BCUT2D eigenvalue weighted by Gasteiger charge is -2.43. The maximum absolute atomic E-state index is 13.0. The number of hydrogen-bond acceptors (Lipinski definition) is 5. The number of fused-ring (bicyclic) bond motifs is 1. The van der Waals surface area contributed by atoms with Crippen molar-refractivity contribution in [2.75, 3.05) is 10.6 Å². The zero-order chi connectivity index (χ0) is 22.1. The minimum absolute atomic E-state index is 0.0562. The Balaban J connectivity index is 1.49. The molecule has 4 rings (SSSR count). The molecule has 2 heterocycles. The first-order valence-corrected chi connectivity index (χ1v) is 10.4. The lowest BCUT2D eigenvalue weighted by molar-refractivity contribution is -0.144. The second-order valence-electron chi connectivity index (χ2n) is 7.95. The van der Waals surface area contributed by atoms with Gasteiger partial charge in [-0.05, 0) is 43.7 Å². The Morgan fingerprint density at radius 3 is 2.65 bits per heavy atom. The molecule has 3 amide bonds. The molecule has 0 aliphatic carbocycles. The van der Waals surface area contributed by atoms with Gasteiger partial charge in [-0.15, -0.1) is 0 Å². The number of carbonyl (C=O) groups is 3. The lowest BCUT2D eigenvalue weighted by atomic mass is 9.81. The molecule has 0 radical (unpaired) electrons. The van der Waals surface area contributed by atoms with Crippen LogP contribution in [-0.2, 0) is 14.4 Å². The van der Waals surface area contributed by atoms with Crippen LogP contribution in [0.1, 0.15) is 17.5 Å². The van der Waals surface area contributed by atoms with Crippen molar-refractivity contribution in [2.24, 2.45) is 11.8 Å². The number of benzene rings is 2. The van der Waals surface area contributed by atoms with E-state index in [0.717, 1.165) is 11.1 Å². The number of hydrogen-bond donors (Lipinski definition) is 5. The molecule has 162 valence electrons. The average Bonchev–Trinajstić information content (AvgIpc) is 2.69. The molecule has 2 aromatic rings. The van der Waals surface area contributed by atoms with Gasteiger partial charge in [0, 0.05) is 22.8 Å². The number of halogens is 1. The molecule has 2 saturated heterocycles. The Hall–Kier alpha value is -3.10. The molecule has 4 atom stereocenters. The molecule has 0 saturated carbocycles. The summed E-state index contributed by atoms with van der Waals surface area (Å²) in [6.45, 7) is 3.88. The standard InChI is InChI=1S/C22H24ClN5O3/c1-11-6-7-16(12(2)8-11)25-20(30)15-10-17(29)26-19-18(15)21(31)28-22(27-19)24-14-5-3-4-13(23)9-14/h3-9,15,18-19,22,24,27H,10H2,1-2H3,(H,25,30)(H,26,29)(H,28,31). The van der Waals surface area contributed by atoms with Crippen LogP contribution < -0.4 is 26.6 Å². The summed E-state index contributed by atoms with van der Waals surface area (Å²) in [5.41, 5.74) is 3.38. The highest BCUT2D eigenvalue weighted by Crippen LogP contribution is 2.29. The number of rotatable bonds is 4. The van der Waals surface area contributed by atoms with Crippen molar-refractivity contribution in [1.29, 1.82) is 0 Å². The molecule has 4 unspecified atom stereocenters. The van der Waals surface area contributed by atoms with E-state index >= 15 is 0 Å². The lowest BCUT2D eigenvalue weighted by Crippen LogP contribution is -2.72. The summed E-state index contributed by atoms with van der Waals surface area (Å²) >= 11 is 6.01. The first kappa shape index (κ1) is 21.1. The molecule has 0 spiro atoms. The molecule has 2 aliphatic heterocycles. The molecular weight excluding hydrogens is 418 g/mol. The third-order valence-electron chi connectivity index (χ3n) is 5.56. The number of carbonyl (C=O) groups excluding carboxylic acids is 3. The van der Waals surface area contributed by atoms with Gasteiger partial charge in [0.25, 0.3) is 0 Å². The summed E-state index contributed by atoms with van der Waals surface area (Å²) < 4.78 is 0. The largest absolute Gasteiger partial charge is 0.353 e. The number of amides is 3. The Morgan fingerprint density at radius 1 is 1.10 bits per heavy atom. The number of nitrogens with one attached hydrogen (secondary N) is 5. The van der Waals surface area contributed by atoms with Gasteiger partial charge in [-0.2, -0.15) is 0 Å². The van der Waals surface area contributed by atoms with Crippen LogP contribution >= 0.6 is 11.6 Å². The SMILES string of the molecule is Cc1ccc(NC(=O)C2CC(=O)NC3NC(Nc4cccc(Cl)c4)NC(=O)C32)c(C)c1. The molecule has 5 N–H and O–H groups in total. The molecule has 0 bridgehead atoms. The van der Waals surface area contributed by atoms with E-state index < -0.39 is 24.3 Å². The summed E-state index contributed by atoms with van der Waals surface area (Å²) in [6.07, 6.45) is -1.37. The first-order valence-electron chi connectivity index (χ1n) is 10.1. The molecule has 9 heteroatoms. The highest BCUT2D eigenvalue weighted by molar-refractivity contribution is 6.30. The van der Waals surface area contributed by atoms with Crippen LogP contribution in [0.3, 0.4) is 0 Å². The number of piperidine rings is 1. The predicted octanol–water partition coefficient (Wildman–Crippen LogP) is 2.09. The summed E-state index contributed by atoms with van der Waals surface area (Å²) in [4.78, 5) is 38.3. The van der Waals surface area contributed by atoms with E-state index in [0.29, 0.717) is 16.4 Å². The van der Waals surface area contributed by atoms with E-state index in [2.05, 4.69) is 26.6 Å². The van der Waals surface area contributed by atoms with E-state index in [1.165, 1.54) is 0 Å². The minimum Gasteiger partial charge on any atom is -0.353 e. The van der Waals surface area contributed by atoms with E-state index in [1.807, 2.05) is 38.1 Å². The molecule has 2 aromatic carbocycles. The Morgan fingerprint density at radius 2 is 1.90 bits per heavy atom. The smallest absolute Gasteiger partial charge is 0.229 e. The Labute approximate surface area is 185 Å². The summed E-state index contributed by atoms with van der Waals surface area (Å²) in [5, 5.41) is 15.3. The zero-order valence-electron chi connectivity index (χ0n) is 17.2. The van der Waals surface area contributed by atoms with Gasteiger partial charge in [0.1, 0.15) is 0 Å². The molecule has 31 heavy (non-hydrogen) atoms. The normalized spacial score (nSPS) is 25.1. The third kappa shape index (κ3) is 4.65. The van der Waals surface area contributed by atoms with Gasteiger partial charge in [0.15, 0.2) is 6.29 Å². The van der Waals surface area contributed by atoms with Crippen molar-refractivity contribution in [3.05, 3.63) is 58.6 Å². The zero-order valence-corrected chi connectivity index (χ0v) is 17.9. The van der Waals surface area contributed by atoms with Gasteiger partial charge in [0.05, 0.1) is 18.0 Å². The van der Waals surface area contributed by atoms with Crippen molar-refractivity contribution >= 4 is 40.7 Å². The Kier molecular flexibility index (Phi) is 5.84. The van der Waals surface area contributed by atoms with Crippen molar-refractivity contribution in [3.63, 3.8) is 0 Å². The van der Waals surface area contributed by atoms with Gasteiger partial charge < -0.3 is 21.3 Å². The van der Waals surface area contributed by atoms with Gasteiger partial charge in [0.2, 0.25) is 17.7 Å². The van der Waals surface area contributed by atoms with Gasteiger partial charge in [-0.25, -0.2) is 0 Å². The van der Waals surface area contributed by atoms with Crippen LogP contribution in [0.2, 0.25) is 5.02 Å². The van der Waals surface area contributed by atoms with Crippen LogP contribution in [0, 0.1) is 25.7 Å². The molecular formula is C22H24ClN5O3. The second-order valence-corrected chi connectivity index (χ2v) is 8.39. The van der Waals surface area contributed by atoms with Crippen LogP contribution in [0.15, 0.2) is 42.5 Å². The van der Waals surface area contributed by atoms with Crippen molar-refractivity contribution < 1.29 is 14.4 Å². The maximum Gasteiger partial charge on any atom is 0.229 e. The number of aryl methyl sites for hydroxylation is 2. The fourth-order valence-corrected chi connectivity index (χ4v) is 4.27. The van der Waals surface area contributed by atoms with Crippen molar-refractivity contribution in [3.8, 4) is 0 Å². The summed E-state index contributed by atoms with van der Waals surface area (Å²) in [7, 11) is 0. The van der Waals surface area contributed by atoms with Gasteiger partial charge in [-0.1, -0.05) is 35.4 Å². The monoisotopic (exact) mass is 441 g/mol. The predicted molar refractivity (Wildman–Crippen MR) is 118 cm³/mol. The fraction of sp³-hybridized carbons (Fsp3) is 0.318. The van der Waals surface area contributed by atoms with Gasteiger partial charge in [-0.3, -0.25) is 19.7 Å². The fourth-order valence-electron chi connectivity index (χ4n) is 4.08. The average molecular weight is 442 g/mol. The number of anilines is 2. The van der Waals surface area contributed by atoms with E-state index in [9.17, 15) is 14.4 Å². The topological polar surface area (TPSA) is 111 Å².